The fourth-order valence-electron chi connectivity index (χ4n) is 3.66. The molecule has 3 N–H and O–H groups in total. The van der Waals surface area contributed by atoms with Gasteiger partial charge in [0.2, 0.25) is 0 Å². The molecule has 0 aromatic heterocycles. The Balaban J connectivity index is 1.13. The number of hydrogen-bond acceptors (Lipinski definition) is 6. The Morgan fingerprint density at radius 3 is 1.68 bits per heavy atom. The predicted octanol–water partition coefficient (Wildman–Crippen LogP) is 5.97. The van der Waals surface area contributed by atoms with Crippen molar-refractivity contribution in [1.82, 2.24) is 0 Å². The minimum absolute atomic E-state index is 0.204. The number of hydrogen-bond donors (Lipinski definition) is 3. The van der Waals surface area contributed by atoms with Gasteiger partial charge >= 0.3 is 11.9 Å². The highest BCUT2D eigenvalue weighted by Crippen LogP contribution is 2.24. The molecule has 0 saturated heterocycles. The molecule has 0 radical (unpaired) electrons. The molecule has 4 aromatic carbocycles. The lowest BCUT2D eigenvalue weighted by Gasteiger charge is -2.11. The zero-order valence-corrected chi connectivity index (χ0v) is 20.5. The molecule has 194 valence electrons. The highest BCUT2D eigenvalue weighted by atomic mass is 16.5. The molecule has 8 heteroatoms. The summed E-state index contributed by atoms with van der Waals surface area (Å²) in [5, 5.41) is 21.4. The maximum absolute atomic E-state index is 11.3. The molecular formula is C30H27NO7. The van der Waals surface area contributed by atoms with Crippen LogP contribution in [0.4, 0.5) is 11.4 Å². The molecule has 4 rings (SSSR count). The average molecular weight is 514 g/mol. The molecule has 0 atom stereocenters. The van der Waals surface area contributed by atoms with Gasteiger partial charge < -0.3 is 29.7 Å². The molecule has 8 nitrogen and oxygen atoms in total. The minimum Gasteiger partial charge on any atom is -0.491 e. The van der Waals surface area contributed by atoms with Crippen LogP contribution in [0.25, 0.3) is 11.1 Å². The van der Waals surface area contributed by atoms with Gasteiger partial charge in [0.15, 0.2) is 0 Å². The van der Waals surface area contributed by atoms with Crippen molar-refractivity contribution in [3.63, 3.8) is 0 Å². The number of aromatic carboxylic acids is 2. The number of carbonyl (C=O) groups is 2. The smallest absolute Gasteiger partial charge is 0.337 e. The molecule has 4 aromatic rings. The molecular weight excluding hydrogens is 486 g/mol. The van der Waals surface area contributed by atoms with Crippen molar-refractivity contribution in [1.29, 1.82) is 0 Å². The summed E-state index contributed by atoms with van der Waals surface area (Å²) >= 11 is 0. The van der Waals surface area contributed by atoms with Crippen molar-refractivity contribution >= 4 is 23.3 Å². The normalized spacial score (nSPS) is 10.5. The summed E-state index contributed by atoms with van der Waals surface area (Å²) < 4.78 is 17.0. The molecule has 0 amide bonds. The van der Waals surface area contributed by atoms with Crippen LogP contribution in [0, 0.1) is 0 Å². The number of rotatable bonds is 13. The summed E-state index contributed by atoms with van der Waals surface area (Å²) in [6, 6.07) is 28.3. The van der Waals surface area contributed by atoms with Crippen LogP contribution in [0.1, 0.15) is 20.7 Å². The summed E-state index contributed by atoms with van der Waals surface area (Å²) in [5.41, 5.74) is 3.63. The highest BCUT2D eigenvalue weighted by molar-refractivity contribution is 5.95. The van der Waals surface area contributed by atoms with E-state index in [9.17, 15) is 14.7 Å². The van der Waals surface area contributed by atoms with Crippen LogP contribution in [0.5, 0.6) is 11.5 Å². The topological polar surface area (TPSA) is 114 Å². The van der Waals surface area contributed by atoms with E-state index in [-0.39, 0.29) is 11.1 Å². The zero-order chi connectivity index (χ0) is 26.7. The summed E-state index contributed by atoms with van der Waals surface area (Å²) in [6.07, 6.45) is 0. The van der Waals surface area contributed by atoms with Gasteiger partial charge in [-0.25, -0.2) is 9.59 Å². The maximum atomic E-state index is 11.3. The second kappa shape index (κ2) is 12.9. The van der Waals surface area contributed by atoms with Crippen molar-refractivity contribution in [2.45, 2.75) is 0 Å². The van der Waals surface area contributed by atoms with Crippen molar-refractivity contribution in [3.8, 4) is 22.6 Å². The molecule has 0 fully saturated rings. The molecule has 0 aliphatic rings. The van der Waals surface area contributed by atoms with E-state index >= 15 is 0 Å². The van der Waals surface area contributed by atoms with Crippen LogP contribution in [0.2, 0.25) is 0 Å². The number of ether oxygens (including phenoxy) is 3. The van der Waals surface area contributed by atoms with E-state index in [4.69, 9.17) is 19.3 Å². The van der Waals surface area contributed by atoms with Gasteiger partial charge in [-0.15, -0.1) is 0 Å². The first-order valence-electron chi connectivity index (χ1n) is 12.0. The van der Waals surface area contributed by atoms with Crippen molar-refractivity contribution in [2.24, 2.45) is 0 Å². The van der Waals surface area contributed by atoms with Gasteiger partial charge in [0, 0.05) is 5.69 Å². The van der Waals surface area contributed by atoms with Crippen molar-refractivity contribution < 1.29 is 34.0 Å². The van der Waals surface area contributed by atoms with Crippen molar-refractivity contribution in [2.75, 3.05) is 31.7 Å². The van der Waals surface area contributed by atoms with Crippen molar-refractivity contribution in [3.05, 3.63) is 108 Å². The van der Waals surface area contributed by atoms with Crippen LogP contribution in [0.3, 0.4) is 0 Å². The lowest BCUT2D eigenvalue weighted by atomic mass is 10.0. The largest absolute Gasteiger partial charge is 0.491 e. The maximum Gasteiger partial charge on any atom is 0.337 e. The van der Waals surface area contributed by atoms with Crippen LogP contribution in [-0.4, -0.2) is 48.6 Å². The molecule has 0 bridgehead atoms. The number of anilines is 2. The number of para-hydroxylation sites is 1. The Labute approximate surface area is 220 Å². The molecule has 0 aliphatic heterocycles. The van der Waals surface area contributed by atoms with E-state index in [1.165, 1.54) is 0 Å². The molecule has 0 heterocycles. The Bertz CT molecular complexity index is 1350. The third kappa shape index (κ3) is 7.35. The molecule has 38 heavy (non-hydrogen) atoms. The van der Waals surface area contributed by atoms with E-state index in [0.29, 0.717) is 37.9 Å². The average Bonchev–Trinajstić information content (AvgIpc) is 2.94. The quantitative estimate of drug-likeness (QED) is 0.187. The van der Waals surface area contributed by atoms with Gasteiger partial charge in [-0.2, -0.15) is 0 Å². The van der Waals surface area contributed by atoms with E-state index in [1.54, 1.807) is 60.7 Å². The molecule has 0 spiro atoms. The van der Waals surface area contributed by atoms with Gasteiger partial charge in [0.05, 0.1) is 30.0 Å². The third-order valence-electron chi connectivity index (χ3n) is 5.60. The van der Waals surface area contributed by atoms with Crippen LogP contribution < -0.4 is 14.8 Å². The lowest BCUT2D eigenvalue weighted by Crippen LogP contribution is -2.12. The first-order chi connectivity index (χ1) is 18.5. The van der Waals surface area contributed by atoms with E-state index in [1.807, 2.05) is 36.4 Å². The predicted molar refractivity (Wildman–Crippen MR) is 144 cm³/mol. The fraction of sp³-hybridized carbons (Fsp3) is 0.133. The van der Waals surface area contributed by atoms with Gasteiger partial charge in [-0.1, -0.05) is 36.4 Å². The van der Waals surface area contributed by atoms with E-state index in [0.717, 1.165) is 22.6 Å². The first kappa shape index (κ1) is 26.2. The molecule has 0 aliphatic carbocycles. The Morgan fingerprint density at radius 2 is 1.13 bits per heavy atom. The van der Waals surface area contributed by atoms with Gasteiger partial charge in [0.1, 0.15) is 24.7 Å². The van der Waals surface area contributed by atoms with E-state index in [2.05, 4.69) is 5.32 Å². The molecule has 0 unspecified atom stereocenters. The fourth-order valence-corrected chi connectivity index (χ4v) is 3.66. The van der Waals surface area contributed by atoms with Gasteiger partial charge in [0.25, 0.3) is 0 Å². The van der Waals surface area contributed by atoms with Crippen LogP contribution in [-0.2, 0) is 4.74 Å². The van der Waals surface area contributed by atoms with E-state index < -0.39 is 11.9 Å². The SMILES string of the molecule is O=C(O)c1ccc(-c2ccc(OCCOCCOc3ccc(Nc4ccccc4C(=O)O)cc3)cc2)cc1. The molecule has 0 saturated carbocycles. The standard InChI is InChI=1S/C30H27NO7/c32-29(33)23-7-5-21(6-8-23)22-9-13-25(14-10-22)37-19-17-36-18-20-38-26-15-11-24(12-16-26)31-28-4-2-1-3-27(28)30(34)35/h1-16,31H,17-20H2,(H,32,33)(H,34,35). The van der Waals surface area contributed by atoms with Gasteiger partial charge in [-0.3, -0.25) is 0 Å². The van der Waals surface area contributed by atoms with Gasteiger partial charge in [-0.05, 0) is 71.8 Å². The van der Waals surface area contributed by atoms with Crippen LogP contribution in [0.15, 0.2) is 97.1 Å². The third-order valence-corrected chi connectivity index (χ3v) is 5.60. The second-order valence-corrected chi connectivity index (χ2v) is 8.22. The Hall–Kier alpha value is -4.82. The number of carboxylic acids is 2. The summed E-state index contributed by atoms with van der Waals surface area (Å²) in [6.45, 7) is 1.59. The number of benzene rings is 4. The summed E-state index contributed by atoms with van der Waals surface area (Å²) in [5.74, 6) is -0.535. The Morgan fingerprint density at radius 1 is 0.605 bits per heavy atom. The second-order valence-electron chi connectivity index (χ2n) is 8.22. The van der Waals surface area contributed by atoms with Crippen LogP contribution >= 0.6 is 0 Å². The number of carboxylic acid groups (broad SMARTS) is 2. The Kier molecular flexibility index (Phi) is 8.93. The highest BCUT2D eigenvalue weighted by Gasteiger charge is 2.09. The number of nitrogens with one attached hydrogen (secondary N) is 1. The lowest BCUT2D eigenvalue weighted by molar-refractivity contribution is 0.0686. The summed E-state index contributed by atoms with van der Waals surface area (Å²) in [7, 11) is 0. The minimum atomic E-state index is -0.988. The summed E-state index contributed by atoms with van der Waals surface area (Å²) in [4.78, 5) is 22.3. The zero-order valence-electron chi connectivity index (χ0n) is 20.5. The monoisotopic (exact) mass is 513 g/mol. The first-order valence-corrected chi connectivity index (χ1v) is 12.0.